The van der Waals surface area contributed by atoms with Crippen molar-refractivity contribution in [2.75, 3.05) is 20.3 Å². The molecule has 0 spiro atoms. The number of rotatable bonds is 11. The van der Waals surface area contributed by atoms with Crippen LogP contribution in [-0.2, 0) is 35.7 Å². The summed E-state index contributed by atoms with van der Waals surface area (Å²) in [5.41, 5.74) is 1.17. The zero-order valence-electron chi connectivity index (χ0n) is 19.3. The second-order valence-corrected chi connectivity index (χ2v) is 8.54. The molecule has 184 valence electrons. The second-order valence-electron chi connectivity index (χ2n) is 8.13. The maximum Gasteiger partial charge on any atom is 0.333 e. The summed E-state index contributed by atoms with van der Waals surface area (Å²) >= 11 is 6.14. The predicted molar refractivity (Wildman–Crippen MR) is 133 cm³/mol. The van der Waals surface area contributed by atoms with E-state index in [-0.39, 0.29) is 31.8 Å². The number of aliphatic hydroxyl groups excluding tert-OH is 1. The van der Waals surface area contributed by atoms with E-state index in [1.165, 1.54) is 10.9 Å². The number of halogens is 1. The predicted octanol–water partition coefficient (Wildman–Crippen LogP) is 2.29. The van der Waals surface area contributed by atoms with Gasteiger partial charge in [0, 0.05) is 18.7 Å². The Bertz CT molecular complexity index is 1400. The molecule has 0 saturated carbocycles. The molecular weight excluding hydrogens is 472 g/mol. The molecule has 2 aromatic carbocycles. The molecule has 0 fully saturated rings. The first-order chi connectivity index (χ1) is 17.0. The van der Waals surface area contributed by atoms with Crippen molar-refractivity contribution in [3.63, 3.8) is 0 Å². The molecule has 2 aromatic heterocycles. The van der Waals surface area contributed by atoms with Crippen molar-refractivity contribution in [2.24, 2.45) is 0 Å². The third-order valence-electron chi connectivity index (χ3n) is 5.62. The fourth-order valence-corrected chi connectivity index (χ4v) is 4.04. The van der Waals surface area contributed by atoms with E-state index in [2.05, 4.69) is 4.98 Å². The fourth-order valence-electron chi connectivity index (χ4n) is 3.85. The van der Waals surface area contributed by atoms with Crippen molar-refractivity contribution in [3.05, 3.63) is 97.9 Å². The van der Waals surface area contributed by atoms with E-state index in [0.29, 0.717) is 23.8 Å². The molecule has 1 atom stereocenters. The third-order valence-corrected chi connectivity index (χ3v) is 5.99. The van der Waals surface area contributed by atoms with Gasteiger partial charge in [-0.15, -0.1) is 0 Å². The van der Waals surface area contributed by atoms with Crippen LogP contribution in [0, 0.1) is 0 Å². The summed E-state index contributed by atoms with van der Waals surface area (Å²) < 4.78 is 14.9. The van der Waals surface area contributed by atoms with Crippen LogP contribution in [0.2, 0.25) is 5.02 Å². The summed E-state index contributed by atoms with van der Waals surface area (Å²) in [5.74, 6) is 0. The molecule has 1 N–H and O–H groups in total. The van der Waals surface area contributed by atoms with Gasteiger partial charge in [-0.05, 0) is 17.2 Å². The van der Waals surface area contributed by atoms with Gasteiger partial charge in [0.05, 0.1) is 45.3 Å². The Labute approximate surface area is 206 Å². The first-order valence-electron chi connectivity index (χ1n) is 11.2. The zero-order valence-corrected chi connectivity index (χ0v) is 20.1. The molecule has 0 amide bonds. The maximum atomic E-state index is 13.4. The van der Waals surface area contributed by atoms with Crippen molar-refractivity contribution in [3.8, 4) is 0 Å². The van der Waals surface area contributed by atoms with E-state index in [1.807, 2.05) is 48.5 Å². The van der Waals surface area contributed by atoms with Crippen molar-refractivity contribution in [1.82, 2.24) is 18.7 Å². The van der Waals surface area contributed by atoms with Crippen molar-refractivity contribution < 1.29 is 14.6 Å². The van der Waals surface area contributed by atoms with E-state index in [1.54, 1.807) is 17.7 Å². The largest absolute Gasteiger partial charge is 0.389 e. The van der Waals surface area contributed by atoms with Crippen LogP contribution in [0.3, 0.4) is 0 Å². The molecule has 0 radical (unpaired) electrons. The van der Waals surface area contributed by atoms with Gasteiger partial charge >= 0.3 is 5.69 Å². The average Bonchev–Trinajstić information content (AvgIpc) is 3.29. The van der Waals surface area contributed by atoms with Crippen LogP contribution in [0.4, 0.5) is 0 Å². The van der Waals surface area contributed by atoms with Gasteiger partial charge in [-0.25, -0.2) is 9.78 Å². The lowest BCUT2D eigenvalue weighted by Gasteiger charge is -2.16. The van der Waals surface area contributed by atoms with Gasteiger partial charge in [-0.2, -0.15) is 0 Å². The molecule has 0 aliphatic heterocycles. The summed E-state index contributed by atoms with van der Waals surface area (Å²) in [6.07, 6.45) is 0.445. The summed E-state index contributed by atoms with van der Waals surface area (Å²) in [7, 11) is 1.57. The topological polar surface area (TPSA) is 101 Å². The van der Waals surface area contributed by atoms with E-state index in [4.69, 9.17) is 21.1 Å². The Balaban J connectivity index is 1.63. The van der Waals surface area contributed by atoms with Crippen molar-refractivity contribution in [1.29, 1.82) is 0 Å². The first kappa shape index (κ1) is 24.9. The molecule has 0 bridgehead atoms. The number of fused-ring (bicyclic) bond motifs is 1. The van der Waals surface area contributed by atoms with Gasteiger partial charge < -0.3 is 19.1 Å². The van der Waals surface area contributed by atoms with Gasteiger partial charge in [0.2, 0.25) is 0 Å². The van der Waals surface area contributed by atoms with E-state index in [9.17, 15) is 14.7 Å². The van der Waals surface area contributed by atoms with Gasteiger partial charge in [0.25, 0.3) is 5.56 Å². The normalized spacial score (nSPS) is 12.3. The highest BCUT2D eigenvalue weighted by molar-refractivity contribution is 6.31. The summed E-state index contributed by atoms with van der Waals surface area (Å²) in [6.45, 7) is 0.914. The molecule has 0 saturated heterocycles. The lowest BCUT2D eigenvalue weighted by Crippen LogP contribution is -2.44. The Hall–Kier alpha value is -3.24. The Morgan fingerprint density at radius 3 is 2.54 bits per heavy atom. The van der Waals surface area contributed by atoms with Crippen LogP contribution in [0.15, 0.2) is 70.5 Å². The molecule has 4 aromatic rings. The minimum atomic E-state index is -1.08. The molecule has 35 heavy (non-hydrogen) atoms. The highest BCUT2D eigenvalue weighted by Crippen LogP contribution is 2.16. The number of methoxy groups -OCH3 is 1. The van der Waals surface area contributed by atoms with Crippen LogP contribution in [-0.4, -0.2) is 50.2 Å². The van der Waals surface area contributed by atoms with Gasteiger partial charge in [-0.3, -0.25) is 13.9 Å². The Morgan fingerprint density at radius 2 is 1.80 bits per heavy atom. The highest BCUT2D eigenvalue weighted by atomic mass is 35.5. The summed E-state index contributed by atoms with van der Waals surface area (Å²) in [5, 5.41) is 11.2. The summed E-state index contributed by atoms with van der Waals surface area (Å²) in [6, 6.07) is 16.7. The average molecular weight is 499 g/mol. The third kappa shape index (κ3) is 5.71. The SMILES string of the molecule is COCCn1cnc2c1c(=O)n(C[C@H](O)COCc1ccccc1Cl)c(=O)n2Cc1ccccc1. The van der Waals surface area contributed by atoms with Crippen molar-refractivity contribution in [2.45, 2.75) is 32.3 Å². The van der Waals surface area contributed by atoms with E-state index < -0.39 is 17.4 Å². The van der Waals surface area contributed by atoms with E-state index >= 15 is 0 Å². The minimum absolute atomic E-state index is 0.0727. The number of ether oxygens (including phenoxy) is 2. The van der Waals surface area contributed by atoms with Gasteiger partial charge in [0.15, 0.2) is 11.2 Å². The quantitative estimate of drug-likeness (QED) is 0.340. The molecule has 4 rings (SSSR count). The Kier molecular flexibility index (Phi) is 8.14. The number of imidazole rings is 1. The first-order valence-corrected chi connectivity index (χ1v) is 11.6. The zero-order chi connectivity index (χ0) is 24.8. The molecule has 9 nitrogen and oxygen atoms in total. The number of hydrogen-bond acceptors (Lipinski definition) is 6. The highest BCUT2D eigenvalue weighted by Gasteiger charge is 2.20. The van der Waals surface area contributed by atoms with Crippen LogP contribution >= 0.6 is 11.6 Å². The smallest absolute Gasteiger partial charge is 0.333 e. The molecule has 0 unspecified atom stereocenters. The van der Waals surface area contributed by atoms with Crippen LogP contribution in [0.5, 0.6) is 0 Å². The lowest BCUT2D eigenvalue weighted by molar-refractivity contribution is 0.0192. The number of benzene rings is 2. The van der Waals surface area contributed by atoms with E-state index in [0.717, 1.165) is 15.7 Å². The molecule has 0 aliphatic carbocycles. The van der Waals surface area contributed by atoms with Gasteiger partial charge in [0.1, 0.15) is 0 Å². The second kappa shape index (κ2) is 11.5. The number of aliphatic hydroxyl groups is 1. The standard InChI is InChI=1S/C25H27ClN4O5/c1-34-12-11-28-17-27-23-22(28)24(32)30(25(33)29(23)13-18-7-3-2-4-8-18)14-20(31)16-35-15-19-9-5-6-10-21(19)26/h2-10,17,20,31H,11-16H2,1H3/t20-/m0/s1. The van der Waals surface area contributed by atoms with Crippen LogP contribution in [0.1, 0.15) is 11.1 Å². The number of aromatic nitrogens is 4. The van der Waals surface area contributed by atoms with Gasteiger partial charge in [-0.1, -0.05) is 60.1 Å². The molecule has 10 heteroatoms. The molecular formula is C25H27ClN4O5. The molecule has 2 heterocycles. The summed E-state index contributed by atoms with van der Waals surface area (Å²) in [4.78, 5) is 31.1. The van der Waals surface area contributed by atoms with Crippen molar-refractivity contribution >= 4 is 22.8 Å². The minimum Gasteiger partial charge on any atom is -0.389 e. The monoisotopic (exact) mass is 498 g/mol. The fraction of sp³-hybridized carbons (Fsp3) is 0.320. The van der Waals surface area contributed by atoms with Crippen LogP contribution in [0.25, 0.3) is 11.2 Å². The Morgan fingerprint density at radius 1 is 1.06 bits per heavy atom. The molecule has 0 aliphatic rings. The lowest BCUT2D eigenvalue weighted by atomic mass is 10.2. The maximum absolute atomic E-state index is 13.4. The van der Waals surface area contributed by atoms with Crippen LogP contribution < -0.4 is 11.2 Å². The number of nitrogens with zero attached hydrogens (tertiary/aromatic N) is 4. The number of hydrogen-bond donors (Lipinski definition) is 1.